The highest BCUT2D eigenvalue weighted by Crippen LogP contribution is 2.21. The van der Waals surface area contributed by atoms with Gasteiger partial charge in [0.1, 0.15) is 11.5 Å². The second kappa shape index (κ2) is 11.0. The summed E-state index contributed by atoms with van der Waals surface area (Å²) in [5, 5.41) is 5.69. The number of hydrogen-bond donors (Lipinski definition) is 2. The number of likely N-dealkylation sites (N-methyl/N-ethyl adjacent to an activating group) is 1. The lowest BCUT2D eigenvalue weighted by molar-refractivity contribution is -0.117. The van der Waals surface area contributed by atoms with Crippen molar-refractivity contribution < 1.29 is 19.1 Å². The number of nitrogens with one attached hydrogen (secondary N) is 2. The minimum atomic E-state index is -0.312. The zero-order chi connectivity index (χ0) is 22.9. The second-order valence-corrected chi connectivity index (χ2v) is 7.26. The summed E-state index contributed by atoms with van der Waals surface area (Å²) < 4.78 is 10.5. The molecule has 0 spiro atoms. The standard InChI is InChI=1S/C25H27N3O4/c1-28(16-18-8-4-7-11-23(18)32-3)17-24(29)27-22-10-6-5-9-21(22)25(30)26-19-12-14-20(31-2)15-13-19/h4-15H,16-17H2,1-3H3,(H,26,30)(H,27,29). The van der Waals surface area contributed by atoms with E-state index in [4.69, 9.17) is 9.47 Å². The Balaban J connectivity index is 1.63. The predicted octanol–water partition coefficient (Wildman–Crippen LogP) is 4.03. The number of carbonyl (C=O) groups is 2. The van der Waals surface area contributed by atoms with Crippen LogP contribution in [0.3, 0.4) is 0 Å². The van der Waals surface area contributed by atoms with Gasteiger partial charge in [0.25, 0.3) is 5.91 Å². The van der Waals surface area contributed by atoms with Crippen molar-refractivity contribution in [3.8, 4) is 11.5 Å². The van der Waals surface area contributed by atoms with Gasteiger partial charge in [-0.3, -0.25) is 14.5 Å². The Kier molecular flexibility index (Phi) is 7.83. The number of hydrogen-bond acceptors (Lipinski definition) is 5. The number of methoxy groups -OCH3 is 2. The molecular weight excluding hydrogens is 406 g/mol. The predicted molar refractivity (Wildman–Crippen MR) is 125 cm³/mol. The Labute approximate surface area is 188 Å². The van der Waals surface area contributed by atoms with Gasteiger partial charge < -0.3 is 20.1 Å². The third-order valence-corrected chi connectivity index (χ3v) is 4.84. The van der Waals surface area contributed by atoms with Gasteiger partial charge in [-0.05, 0) is 49.5 Å². The van der Waals surface area contributed by atoms with Crippen molar-refractivity contribution in [1.82, 2.24) is 4.90 Å². The molecular formula is C25H27N3O4. The summed E-state index contributed by atoms with van der Waals surface area (Å²) in [6, 6.07) is 21.6. The Bertz CT molecular complexity index is 1070. The highest BCUT2D eigenvalue weighted by molar-refractivity contribution is 6.10. The van der Waals surface area contributed by atoms with Crippen molar-refractivity contribution in [3.05, 3.63) is 83.9 Å². The molecule has 0 aliphatic carbocycles. The molecule has 0 saturated heterocycles. The van der Waals surface area contributed by atoms with Crippen molar-refractivity contribution in [2.24, 2.45) is 0 Å². The number of benzene rings is 3. The van der Waals surface area contributed by atoms with Crippen LogP contribution in [-0.4, -0.2) is 44.5 Å². The Morgan fingerprint density at radius 1 is 0.844 bits per heavy atom. The molecule has 0 radical (unpaired) electrons. The normalized spacial score (nSPS) is 10.5. The van der Waals surface area contributed by atoms with E-state index in [1.807, 2.05) is 36.2 Å². The second-order valence-electron chi connectivity index (χ2n) is 7.26. The van der Waals surface area contributed by atoms with Gasteiger partial charge in [-0.15, -0.1) is 0 Å². The van der Waals surface area contributed by atoms with E-state index in [0.717, 1.165) is 11.3 Å². The molecule has 3 rings (SSSR count). The summed E-state index contributed by atoms with van der Waals surface area (Å²) in [6.07, 6.45) is 0. The van der Waals surface area contributed by atoms with Gasteiger partial charge in [0.05, 0.1) is 32.0 Å². The lowest BCUT2D eigenvalue weighted by Crippen LogP contribution is -2.30. The summed E-state index contributed by atoms with van der Waals surface area (Å²) >= 11 is 0. The molecule has 0 heterocycles. The topological polar surface area (TPSA) is 79.9 Å². The van der Waals surface area contributed by atoms with E-state index < -0.39 is 0 Å². The van der Waals surface area contributed by atoms with E-state index in [1.165, 1.54) is 0 Å². The minimum Gasteiger partial charge on any atom is -0.497 e. The fourth-order valence-corrected chi connectivity index (χ4v) is 3.28. The molecule has 0 fully saturated rings. The summed E-state index contributed by atoms with van der Waals surface area (Å²) in [5.74, 6) is 0.953. The van der Waals surface area contributed by atoms with Gasteiger partial charge in [-0.25, -0.2) is 0 Å². The highest BCUT2D eigenvalue weighted by Gasteiger charge is 2.15. The van der Waals surface area contributed by atoms with E-state index in [2.05, 4.69) is 10.6 Å². The highest BCUT2D eigenvalue weighted by atomic mass is 16.5. The van der Waals surface area contributed by atoms with E-state index in [-0.39, 0.29) is 18.4 Å². The Hall–Kier alpha value is -3.84. The summed E-state index contributed by atoms with van der Waals surface area (Å²) in [5.41, 5.74) is 2.45. The van der Waals surface area contributed by atoms with Crippen molar-refractivity contribution in [3.63, 3.8) is 0 Å². The first-order valence-electron chi connectivity index (χ1n) is 10.1. The molecule has 166 valence electrons. The largest absolute Gasteiger partial charge is 0.497 e. The lowest BCUT2D eigenvalue weighted by Gasteiger charge is -2.18. The lowest BCUT2D eigenvalue weighted by atomic mass is 10.1. The molecule has 0 aromatic heterocycles. The molecule has 3 aromatic carbocycles. The molecule has 3 aromatic rings. The van der Waals surface area contributed by atoms with E-state index in [1.54, 1.807) is 62.8 Å². The van der Waals surface area contributed by atoms with Crippen LogP contribution in [0.15, 0.2) is 72.8 Å². The van der Waals surface area contributed by atoms with Crippen molar-refractivity contribution >= 4 is 23.2 Å². The summed E-state index contributed by atoms with van der Waals surface area (Å²) in [4.78, 5) is 27.3. The van der Waals surface area contributed by atoms with Crippen molar-refractivity contribution in [1.29, 1.82) is 0 Å². The Morgan fingerprint density at radius 3 is 2.25 bits per heavy atom. The van der Waals surface area contributed by atoms with Crippen LogP contribution in [0.25, 0.3) is 0 Å². The van der Waals surface area contributed by atoms with Crippen LogP contribution in [0.5, 0.6) is 11.5 Å². The molecule has 32 heavy (non-hydrogen) atoms. The maximum absolute atomic E-state index is 12.8. The van der Waals surface area contributed by atoms with Crippen LogP contribution in [0.4, 0.5) is 11.4 Å². The molecule has 0 unspecified atom stereocenters. The average Bonchev–Trinajstić information content (AvgIpc) is 2.80. The number of carbonyl (C=O) groups excluding carboxylic acids is 2. The number of anilines is 2. The minimum absolute atomic E-state index is 0.159. The number of para-hydroxylation sites is 2. The molecule has 2 N–H and O–H groups in total. The van der Waals surface area contributed by atoms with Crippen LogP contribution >= 0.6 is 0 Å². The first kappa shape index (κ1) is 22.8. The number of rotatable bonds is 9. The quantitative estimate of drug-likeness (QED) is 0.533. The first-order valence-corrected chi connectivity index (χ1v) is 10.1. The van der Waals surface area contributed by atoms with E-state index in [0.29, 0.717) is 29.2 Å². The molecule has 0 atom stereocenters. The third kappa shape index (κ3) is 6.09. The molecule has 7 nitrogen and oxygen atoms in total. The van der Waals surface area contributed by atoms with Crippen LogP contribution in [0.1, 0.15) is 15.9 Å². The molecule has 0 aliphatic heterocycles. The molecule has 0 aliphatic rings. The van der Waals surface area contributed by atoms with Gasteiger partial charge in [0.15, 0.2) is 0 Å². The van der Waals surface area contributed by atoms with Crippen molar-refractivity contribution in [2.75, 3.05) is 38.4 Å². The molecule has 0 bridgehead atoms. The van der Waals surface area contributed by atoms with Gasteiger partial charge in [-0.2, -0.15) is 0 Å². The Morgan fingerprint density at radius 2 is 1.53 bits per heavy atom. The molecule has 0 saturated carbocycles. The van der Waals surface area contributed by atoms with Gasteiger partial charge in [0, 0.05) is 17.8 Å². The van der Waals surface area contributed by atoms with Crippen LogP contribution in [-0.2, 0) is 11.3 Å². The fourth-order valence-electron chi connectivity index (χ4n) is 3.28. The van der Waals surface area contributed by atoms with Gasteiger partial charge >= 0.3 is 0 Å². The maximum atomic E-state index is 12.8. The summed E-state index contributed by atoms with van der Waals surface area (Å²) in [6.45, 7) is 0.712. The third-order valence-electron chi connectivity index (χ3n) is 4.84. The smallest absolute Gasteiger partial charge is 0.257 e. The van der Waals surface area contributed by atoms with Gasteiger partial charge in [-0.1, -0.05) is 30.3 Å². The maximum Gasteiger partial charge on any atom is 0.257 e. The number of amides is 2. The monoisotopic (exact) mass is 433 g/mol. The fraction of sp³-hybridized carbons (Fsp3) is 0.200. The molecule has 2 amide bonds. The van der Waals surface area contributed by atoms with Crippen LogP contribution < -0.4 is 20.1 Å². The first-order chi connectivity index (χ1) is 15.5. The number of ether oxygens (including phenoxy) is 2. The zero-order valence-electron chi connectivity index (χ0n) is 18.4. The van der Waals surface area contributed by atoms with Crippen molar-refractivity contribution in [2.45, 2.75) is 6.54 Å². The SMILES string of the molecule is COc1ccc(NC(=O)c2ccccc2NC(=O)CN(C)Cc2ccccc2OC)cc1. The summed E-state index contributed by atoms with van der Waals surface area (Å²) in [7, 11) is 5.06. The zero-order valence-corrected chi connectivity index (χ0v) is 18.4. The van der Waals surface area contributed by atoms with E-state index in [9.17, 15) is 9.59 Å². The van der Waals surface area contributed by atoms with E-state index >= 15 is 0 Å². The average molecular weight is 434 g/mol. The van der Waals surface area contributed by atoms with Crippen LogP contribution in [0.2, 0.25) is 0 Å². The number of nitrogens with zero attached hydrogens (tertiary/aromatic N) is 1. The van der Waals surface area contributed by atoms with Crippen LogP contribution in [0, 0.1) is 0 Å². The molecule has 7 heteroatoms. The van der Waals surface area contributed by atoms with Gasteiger partial charge in [0.2, 0.25) is 5.91 Å².